The number of anilines is 1. The Morgan fingerprint density at radius 1 is 0.783 bits per heavy atom. The molecule has 5 heteroatoms. The van der Waals surface area contributed by atoms with E-state index in [4.69, 9.17) is 5.73 Å². The molecule has 0 bridgehead atoms. The fraction of sp³-hybridized carbons (Fsp3) is 0. The summed E-state index contributed by atoms with van der Waals surface area (Å²) in [4.78, 5) is 0. The zero-order chi connectivity index (χ0) is 15.6. The maximum atomic E-state index is 14.0. The van der Waals surface area contributed by atoms with Crippen molar-refractivity contribution in [3.8, 4) is 5.75 Å². The lowest BCUT2D eigenvalue weighted by atomic mass is 10.3. The normalized spacial score (nSPS) is 10.8. The highest BCUT2D eigenvalue weighted by Gasteiger charge is 2.32. The van der Waals surface area contributed by atoms with Crippen LogP contribution in [0.2, 0.25) is 0 Å². The van der Waals surface area contributed by atoms with Gasteiger partial charge in [0.1, 0.15) is 5.75 Å². The van der Waals surface area contributed by atoms with E-state index in [1.54, 1.807) is 12.1 Å². The van der Waals surface area contributed by atoms with Crippen LogP contribution in [0.25, 0.3) is 0 Å². The van der Waals surface area contributed by atoms with E-state index >= 15 is 0 Å². The van der Waals surface area contributed by atoms with Crippen molar-refractivity contribution in [1.29, 1.82) is 0 Å². The van der Waals surface area contributed by atoms with Crippen molar-refractivity contribution in [1.82, 2.24) is 0 Å². The van der Waals surface area contributed by atoms with Crippen molar-refractivity contribution in [2.75, 3.05) is 5.73 Å². The quantitative estimate of drug-likeness (QED) is 0.436. The van der Waals surface area contributed by atoms with Gasteiger partial charge in [-0.1, -0.05) is 60.7 Å². The van der Waals surface area contributed by atoms with Crippen molar-refractivity contribution in [3.63, 3.8) is 0 Å². The molecular weight excluding hydrogens is 329 g/mol. The van der Waals surface area contributed by atoms with Crippen LogP contribution in [-0.2, 0) is 4.57 Å². The van der Waals surface area contributed by atoms with Crippen LogP contribution in [0.4, 0.5) is 5.69 Å². The zero-order valence-corrected chi connectivity index (χ0v) is 14.0. The van der Waals surface area contributed by atoms with Crippen LogP contribution in [0, 0.1) is 0 Å². The van der Waals surface area contributed by atoms with Gasteiger partial charge in [0.2, 0.25) is 0 Å². The van der Waals surface area contributed by atoms with Gasteiger partial charge >= 0.3 is 0 Å². The first-order chi connectivity index (χ1) is 10.6. The number of rotatable bonds is 3. The van der Waals surface area contributed by atoms with Gasteiger partial charge in [0.15, 0.2) is 7.14 Å². The number of phenolic OH excluding ortho intramolecular Hbond substituents is 1. The molecule has 3 aromatic carbocycles. The number of halogens is 1. The summed E-state index contributed by atoms with van der Waals surface area (Å²) in [6, 6.07) is 23.1. The van der Waals surface area contributed by atoms with E-state index in [1.807, 2.05) is 60.7 Å². The predicted octanol–water partition coefficient (Wildman–Crippen LogP) is 3.04. The number of nitrogens with two attached hydrogens (primary N) is 1. The average molecular weight is 346 g/mol. The molecule has 0 aliphatic carbocycles. The molecule has 0 saturated carbocycles. The molecule has 0 aliphatic heterocycles. The molecule has 0 unspecified atom stereocenters. The molecule has 3 N–H and O–H groups in total. The Labute approximate surface area is 141 Å². The van der Waals surface area contributed by atoms with E-state index in [-0.39, 0.29) is 18.2 Å². The maximum absolute atomic E-state index is 14.0. The Bertz CT molecular complexity index is 795. The standard InChI is InChI=1S/C18H16NO2P.ClH/c19-14-11-12-17(20)18(13-14)22(21,15-7-3-1-4-8-15)16-9-5-2-6-10-16;/h1-13,20H,19H2;1H. The summed E-state index contributed by atoms with van der Waals surface area (Å²) in [6.07, 6.45) is 0. The van der Waals surface area contributed by atoms with Crippen LogP contribution < -0.4 is 21.6 Å². The van der Waals surface area contributed by atoms with E-state index in [9.17, 15) is 9.67 Å². The molecule has 0 heterocycles. The minimum absolute atomic E-state index is 0. The molecule has 3 rings (SSSR count). The molecular formula is C18H17ClNO2P. The van der Waals surface area contributed by atoms with Gasteiger partial charge in [-0.3, -0.25) is 0 Å². The molecule has 0 aromatic heterocycles. The summed E-state index contributed by atoms with van der Waals surface area (Å²) in [6.45, 7) is 0. The van der Waals surface area contributed by atoms with Crippen LogP contribution >= 0.6 is 19.5 Å². The summed E-state index contributed by atoms with van der Waals surface area (Å²) in [5, 5.41) is 12.0. The van der Waals surface area contributed by atoms with E-state index < -0.39 is 7.14 Å². The van der Waals surface area contributed by atoms with Crippen LogP contribution in [0.15, 0.2) is 78.9 Å². The highest BCUT2D eigenvalue weighted by atomic mass is 35.5. The lowest BCUT2D eigenvalue weighted by Gasteiger charge is -2.21. The molecule has 0 spiro atoms. The zero-order valence-electron chi connectivity index (χ0n) is 12.3. The highest BCUT2D eigenvalue weighted by molar-refractivity contribution is 7.85. The van der Waals surface area contributed by atoms with Crippen LogP contribution in [0.3, 0.4) is 0 Å². The number of nitrogen functional groups attached to an aromatic ring is 1. The monoisotopic (exact) mass is 345 g/mol. The van der Waals surface area contributed by atoms with Crippen LogP contribution in [-0.4, -0.2) is 5.11 Å². The van der Waals surface area contributed by atoms with E-state index in [0.717, 1.165) is 0 Å². The Balaban J connectivity index is 0.00000192. The second-order valence-electron chi connectivity index (χ2n) is 5.03. The molecule has 0 atom stereocenters. The third-order valence-electron chi connectivity index (χ3n) is 3.58. The summed E-state index contributed by atoms with van der Waals surface area (Å²) in [5.41, 5.74) is 6.32. The summed E-state index contributed by atoms with van der Waals surface area (Å²) >= 11 is 0. The third kappa shape index (κ3) is 3.12. The molecule has 118 valence electrons. The van der Waals surface area contributed by atoms with Gasteiger partial charge in [0.05, 0.1) is 5.30 Å². The van der Waals surface area contributed by atoms with Crippen molar-refractivity contribution in [2.45, 2.75) is 0 Å². The highest BCUT2D eigenvalue weighted by Crippen LogP contribution is 2.45. The fourth-order valence-corrected chi connectivity index (χ4v) is 5.26. The van der Waals surface area contributed by atoms with Crippen molar-refractivity contribution >= 4 is 41.1 Å². The van der Waals surface area contributed by atoms with Crippen LogP contribution in [0.1, 0.15) is 0 Å². The van der Waals surface area contributed by atoms with Crippen molar-refractivity contribution < 1.29 is 9.67 Å². The van der Waals surface area contributed by atoms with Gasteiger partial charge in [-0.2, -0.15) is 0 Å². The van der Waals surface area contributed by atoms with Crippen LogP contribution in [0.5, 0.6) is 5.75 Å². The summed E-state index contributed by atoms with van der Waals surface area (Å²) in [7, 11) is -3.17. The molecule has 0 aliphatic rings. The van der Waals surface area contributed by atoms with Gasteiger partial charge in [0, 0.05) is 16.3 Å². The lowest BCUT2D eigenvalue weighted by molar-refractivity contribution is 0.479. The third-order valence-corrected chi connectivity index (χ3v) is 6.67. The summed E-state index contributed by atoms with van der Waals surface area (Å²) < 4.78 is 14.0. The van der Waals surface area contributed by atoms with Crippen molar-refractivity contribution in [3.05, 3.63) is 78.9 Å². The number of hydrogen-bond donors (Lipinski definition) is 2. The first-order valence-corrected chi connectivity index (χ1v) is 8.63. The van der Waals surface area contributed by atoms with E-state index in [2.05, 4.69) is 0 Å². The Morgan fingerprint density at radius 3 is 1.74 bits per heavy atom. The first kappa shape index (κ1) is 17.1. The van der Waals surface area contributed by atoms with Gasteiger partial charge < -0.3 is 15.4 Å². The second kappa shape index (κ2) is 6.91. The topological polar surface area (TPSA) is 63.3 Å². The fourth-order valence-electron chi connectivity index (χ4n) is 2.50. The maximum Gasteiger partial charge on any atom is 0.174 e. The number of phenols is 1. The van der Waals surface area contributed by atoms with E-state index in [1.165, 1.54) is 6.07 Å². The van der Waals surface area contributed by atoms with E-state index in [0.29, 0.717) is 21.6 Å². The summed E-state index contributed by atoms with van der Waals surface area (Å²) in [5.74, 6) is -0.00904. The second-order valence-corrected chi connectivity index (χ2v) is 7.76. The number of benzene rings is 3. The Kier molecular flexibility index (Phi) is 5.15. The molecule has 0 fully saturated rings. The number of hydrogen-bond acceptors (Lipinski definition) is 3. The molecule has 3 aromatic rings. The van der Waals surface area contributed by atoms with Crippen molar-refractivity contribution in [2.24, 2.45) is 0 Å². The predicted molar refractivity (Wildman–Crippen MR) is 99.2 cm³/mol. The minimum Gasteiger partial charge on any atom is -0.507 e. The lowest BCUT2D eigenvalue weighted by Crippen LogP contribution is -2.25. The average Bonchev–Trinajstić information content (AvgIpc) is 2.58. The van der Waals surface area contributed by atoms with Gasteiger partial charge in [0.25, 0.3) is 0 Å². The largest absolute Gasteiger partial charge is 0.507 e. The van der Waals surface area contributed by atoms with Gasteiger partial charge in [-0.25, -0.2) is 0 Å². The molecule has 23 heavy (non-hydrogen) atoms. The number of aromatic hydroxyl groups is 1. The first-order valence-electron chi connectivity index (χ1n) is 6.93. The molecule has 3 nitrogen and oxygen atoms in total. The van der Waals surface area contributed by atoms with Gasteiger partial charge in [-0.05, 0) is 18.2 Å². The minimum atomic E-state index is -3.17. The Morgan fingerprint density at radius 2 is 1.26 bits per heavy atom. The SMILES string of the molecule is Cl.Nc1ccc(O)c(P(=O)(c2ccccc2)c2ccccc2)c1. The molecule has 0 saturated heterocycles. The molecule has 0 radical (unpaired) electrons. The Hall–Kier alpha value is -2.22. The smallest absolute Gasteiger partial charge is 0.174 e. The molecule has 0 amide bonds. The van der Waals surface area contributed by atoms with Gasteiger partial charge in [-0.15, -0.1) is 12.4 Å².